The zero-order chi connectivity index (χ0) is 15.4. The number of aromatic nitrogens is 2. The first kappa shape index (κ1) is 15.8. The smallest absolute Gasteiger partial charge is 0.251 e. The summed E-state index contributed by atoms with van der Waals surface area (Å²) in [5.41, 5.74) is 3.84. The zero-order valence-electron chi connectivity index (χ0n) is 12.6. The lowest BCUT2D eigenvalue weighted by atomic mass is 10.1. The van der Waals surface area contributed by atoms with E-state index in [-0.39, 0.29) is 5.91 Å². The molecular weight excluding hydrogens is 330 g/mol. The summed E-state index contributed by atoms with van der Waals surface area (Å²) in [4.78, 5) is 12.1. The summed E-state index contributed by atoms with van der Waals surface area (Å²) in [6, 6.07) is 5.93. The molecule has 1 aromatic carbocycles. The fourth-order valence-electron chi connectivity index (χ4n) is 2.13. The van der Waals surface area contributed by atoms with E-state index in [4.69, 9.17) is 0 Å². The van der Waals surface area contributed by atoms with Gasteiger partial charge in [-0.1, -0.05) is 17.7 Å². The van der Waals surface area contributed by atoms with Crippen molar-refractivity contribution in [3.05, 3.63) is 51.3 Å². The molecule has 0 aliphatic rings. The predicted molar refractivity (Wildman–Crippen MR) is 87.5 cm³/mol. The van der Waals surface area contributed by atoms with Gasteiger partial charge in [0.1, 0.15) is 0 Å². The van der Waals surface area contributed by atoms with E-state index in [1.807, 2.05) is 49.8 Å². The van der Waals surface area contributed by atoms with Gasteiger partial charge >= 0.3 is 0 Å². The Bertz CT molecular complexity index is 629. The largest absolute Gasteiger partial charge is 0.352 e. The van der Waals surface area contributed by atoms with Gasteiger partial charge in [0.05, 0.1) is 10.2 Å². The third kappa shape index (κ3) is 4.17. The molecule has 0 fully saturated rings. The quantitative estimate of drug-likeness (QED) is 0.841. The Balaban J connectivity index is 1.83. The van der Waals surface area contributed by atoms with Gasteiger partial charge in [0, 0.05) is 24.8 Å². The summed E-state index contributed by atoms with van der Waals surface area (Å²) >= 11 is 3.44. The fraction of sp³-hybridized carbons (Fsp3) is 0.375. The fourth-order valence-corrected chi connectivity index (χ4v) is 2.44. The van der Waals surface area contributed by atoms with Crippen molar-refractivity contribution in [1.82, 2.24) is 15.1 Å². The molecule has 0 aliphatic heterocycles. The molecule has 0 saturated carbocycles. The number of rotatable bonds is 5. The molecule has 2 rings (SSSR count). The molecular formula is C16H20BrN3O. The van der Waals surface area contributed by atoms with Gasteiger partial charge < -0.3 is 5.32 Å². The Morgan fingerprint density at radius 3 is 2.76 bits per heavy atom. The Morgan fingerprint density at radius 2 is 2.10 bits per heavy atom. The van der Waals surface area contributed by atoms with E-state index in [0.29, 0.717) is 6.54 Å². The summed E-state index contributed by atoms with van der Waals surface area (Å²) in [6.45, 7) is 7.34. The summed E-state index contributed by atoms with van der Waals surface area (Å²) in [7, 11) is 0. The van der Waals surface area contributed by atoms with Crippen LogP contribution >= 0.6 is 15.9 Å². The second-order valence-corrected chi connectivity index (χ2v) is 6.11. The molecule has 1 heterocycles. The highest BCUT2D eigenvalue weighted by Crippen LogP contribution is 2.13. The lowest BCUT2D eigenvalue weighted by molar-refractivity contribution is 0.0952. The highest BCUT2D eigenvalue weighted by atomic mass is 79.9. The van der Waals surface area contributed by atoms with Crippen molar-refractivity contribution in [2.75, 3.05) is 6.54 Å². The number of hydrogen-bond acceptors (Lipinski definition) is 2. The third-order valence-electron chi connectivity index (χ3n) is 3.37. The van der Waals surface area contributed by atoms with Crippen LogP contribution in [0.15, 0.2) is 28.9 Å². The minimum Gasteiger partial charge on any atom is -0.352 e. The number of amides is 1. The standard InChI is InChI=1S/C16H20BrN3O/c1-11-5-6-12(2)14(9-11)16(21)18-7-4-8-20-10-15(17)13(3)19-20/h5-6,9-10H,4,7-8H2,1-3H3,(H,18,21). The van der Waals surface area contributed by atoms with Crippen LogP contribution in [0.5, 0.6) is 0 Å². The number of halogens is 1. The van der Waals surface area contributed by atoms with E-state index < -0.39 is 0 Å². The summed E-state index contributed by atoms with van der Waals surface area (Å²) in [5, 5.41) is 7.33. The van der Waals surface area contributed by atoms with Crippen LogP contribution in [0.25, 0.3) is 0 Å². The van der Waals surface area contributed by atoms with E-state index in [0.717, 1.165) is 39.8 Å². The van der Waals surface area contributed by atoms with Gasteiger partial charge in [-0.25, -0.2) is 0 Å². The Morgan fingerprint density at radius 1 is 1.33 bits per heavy atom. The van der Waals surface area contributed by atoms with Crippen LogP contribution < -0.4 is 5.32 Å². The average molecular weight is 350 g/mol. The van der Waals surface area contributed by atoms with E-state index in [9.17, 15) is 4.79 Å². The Labute approximate surface area is 133 Å². The van der Waals surface area contributed by atoms with Gasteiger partial charge in [-0.05, 0) is 54.8 Å². The minimum atomic E-state index is -0.00553. The van der Waals surface area contributed by atoms with Crippen molar-refractivity contribution < 1.29 is 4.79 Å². The van der Waals surface area contributed by atoms with Crippen LogP contribution in [0, 0.1) is 20.8 Å². The molecule has 1 amide bonds. The van der Waals surface area contributed by atoms with Gasteiger partial charge in [-0.3, -0.25) is 9.48 Å². The topological polar surface area (TPSA) is 46.9 Å². The molecule has 0 spiro atoms. The molecule has 2 aromatic rings. The first-order valence-corrected chi connectivity index (χ1v) is 7.81. The highest BCUT2D eigenvalue weighted by molar-refractivity contribution is 9.10. The molecule has 112 valence electrons. The molecule has 0 radical (unpaired) electrons. The number of nitrogens with one attached hydrogen (secondary N) is 1. The molecule has 5 heteroatoms. The lowest BCUT2D eigenvalue weighted by Crippen LogP contribution is -2.26. The molecule has 0 atom stereocenters. The summed E-state index contributed by atoms with van der Waals surface area (Å²) in [5.74, 6) is -0.00553. The van der Waals surface area contributed by atoms with E-state index in [2.05, 4.69) is 26.3 Å². The number of benzene rings is 1. The monoisotopic (exact) mass is 349 g/mol. The van der Waals surface area contributed by atoms with Crippen molar-refractivity contribution in [3.8, 4) is 0 Å². The Hall–Kier alpha value is -1.62. The van der Waals surface area contributed by atoms with E-state index >= 15 is 0 Å². The number of hydrogen-bond donors (Lipinski definition) is 1. The molecule has 1 N–H and O–H groups in total. The van der Waals surface area contributed by atoms with E-state index in [1.54, 1.807) is 0 Å². The maximum Gasteiger partial charge on any atom is 0.251 e. The van der Waals surface area contributed by atoms with Crippen LogP contribution in [0.3, 0.4) is 0 Å². The molecule has 1 aromatic heterocycles. The van der Waals surface area contributed by atoms with Gasteiger partial charge in [-0.2, -0.15) is 5.10 Å². The first-order valence-electron chi connectivity index (χ1n) is 7.02. The van der Waals surface area contributed by atoms with Crippen LogP contribution in [0.4, 0.5) is 0 Å². The minimum absolute atomic E-state index is 0.00553. The van der Waals surface area contributed by atoms with Crippen molar-refractivity contribution in [2.45, 2.75) is 33.7 Å². The van der Waals surface area contributed by atoms with Crippen molar-refractivity contribution in [1.29, 1.82) is 0 Å². The predicted octanol–water partition coefficient (Wildman–Crippen LogP) is 3.39. The molecule has 4 nitrogen and oxygen atoms in total. The molecule has 0 saturated heterocycles. The SMILES string of the molecule is Cc1ccc(C)c(C(=O)NCCCn2cc(Br)c(C)n2)c1. The van der Waals surface area contributed by atoms with Gasteiger partial charge in [0.15, 0.2) is 0 Å². The lowest BCUT2D eigenvalue weighted by Gasteiger charge is -2.08. The second-order valence-electron chi connectivity index (χ2n) is 5.25. The molecule has 0 unspecified atom stereocenters. The van der Waals surface area contributed by atoms with Crippen LogP contribution in [-0.4, -0.2) is 22.2 Å². The number of aryl methyl sites for hydroxylation is 4. The summed E-state index contributed by atoms with van der Waals surface area (Å²) < 4.78 is 2.91. The molecule has 0 bridgehead atoms. The number of carbonyl (C=O) groups excluding carboxylic acids is 1. The zero-order valence-corrected chi connectivity index (χ0v) is 14.2. The van der Waals surface area contributed by atoms with Crippen molar-refractivity contribution in [3.63, 3.8) is 0 Å². The average Bonchev–Trinajstić information content (AvgIpc) is 2.76. The van der Waals surface area contributed by atoms with Crippen LogP contribution in [0.1, 0.15) is 33.6 Å². The molecule has 0 aliphatic carbocycles. The second kappa shape index (κ2) is 6.89. The van der Waals surface area contributed by atoms with Gasteiger partial charge in [0.2, 0.25) is 0 Å². The van der Waals surface area contributed by atoms with Crippen LogP contribution in [-0.2, 0) is 6.54 Å². The summed E-state index contributed by atoms with van der Waals surface area (Å²) in [6.07, 6.45) is 2.81. The Kier molecular flexibility index (Phi) is 5.17. The number of nitrogens with zero attached hydrogens (tertiary/aromatic N) is 2. The van der Waals surface area contributed by atoms with E-state index in [1.165, 1.54) is 0 Å². The van der Waals surface area contributed by atoms with Gasteiger partial charge in [-0.15, -0.1) is 0 Å². The van der Waals surface area contributed by atoms with Crippen molar-refractivity contribution in [2.24, 2.45) is 0 Å². The van der Waals surface area contributed by atoms with Crippen molar-refractivity contribution >= 4 is 21.8 Å². The maximum absolute atomic E-state index is 12.1. The maximum atomic E-state index is 12.1. The normalized spacial score (nSPS) is 10.7. The first-order chi connectivity index (χ1) is 9.97. The third-order valence-corrected chi connectivity index (χ3v) is 4.15. The van der Waals surface area contributed by atoms with Gasteiger partial charge in [0.25, 0.3) is 5.91 Å². The van der Waals surface area contributed by atoms with Crippen LogP contribution in [0.2, 0.25) is 0 Å². The number of carbonyl (C=O) groups is 1. The highest BCUT2D eigenvalue weighted by Gasteiger charge is 2.08. The molecule has 21 heavy (non-hydrogen) atoms.